The van der Waals surface area contributed by atoms with Crippen molar-refractivity contribution >= 4 is 29.6 Å². The molecule has 4 amide bonds. The van der Waals surface area contributed by atoms with Gasteiger partial charge < -0.3 is 18.8 Å². The maximum Gasteiger partial charge on any atom is 0.336 e. The maximum absolute atomic E-state index is 13.3. The summed E-state index contributed by atoms with van der Waals surface area (Å²) in [5, 5.41) is 2.23. The number of hydrogen-bond acceptors (Lipinski definition) is 6. The average Bonchev–Trinajstić information content (AvgIpc) is 3.21. The van der Waals surface area contributed by atoms with Crippen molar-refractivity contribution in [3.63, 3.8) is 0 Å². The Morgan fingerprint density at radius 1 is 0.853 bits per heavy atom. The van der Waals surface area contributed by atoms with Gasteiger partial charge in [0.2, 0.25) is 0 Å². The topological polar surface area (TPSA) is 99.1 Å². The number of nitrogens with zero attached hydrogens (tertiary/aromatic N) is 2. The number of imide groups is 2. The van der Waals surface area contributed by atoms with E-state index in [0.29, 0.717) is 11.3 Å². The smallest absolute Gasteiger partial charge is 0.336 e. The number of carbonyl (C=O) groups excluding carboxylic acids is 3. The number of aromatic nitrogens is 1. The minimum Gasteiger partial charge on any atom is -0.497 e. The molecule has 2 aromatic carbocycles. The number of urea groups is 1. The van der Waals surface area contributed by atoms with Gasteiger partial charge in [-0.05, 0) is 61.0 Å². The zero-order chi connectivity index (χ0) is 24.4. The van der Waals surface area contributed by atoms with Crippen LogP contribution >= 0.6 is 0 Å². The molecular weight excluding hydrogens is 438 g/mol. The van der Waals surface area contributed by atoms with Gasteiger partial charge in [-0.25, -0.2) is 9.69 Å². The van der Waals surface area contributed by atoms with Crippen molar-refractivity contribution in [3.05, 3.63) is 71.6 Å². The van der Waals surface area contributed by atoms with E-state index in [2.05, 4.69) is 5.32 Å². The van der Waals surface area contributed by atoms with Gasteiger partial charge >= 0.3 is 6.03 Å². The van der Waals surface area contributed by atoms with Crippen molar-refractivity contribution in [3.8, 4) is 22.9 Å². The van der Waals surface area contributed by atoms with E-state index in [-0.39, 0.29) is 17.0 Å². The third-order valence-corrected chi connectivity index (χ3v) is 5.42. The van der Waals surface area contributed by atoms with Crippen LogP contribution in [0, 0.1) is 6.92 Å². The minimum absolute atomic E-state index is 0.177. The fraction of sp³-hybridized carbons (Fsp3) is 0.160. The van der Waals surface area contributed by atoms with Gasteiger partial charge in [0, 0.05) is 23.6 Å². The van der Waals surface area contributed by atoms with E-state index in [9.17, 15) is 14.4 Å². The van der Waals surface area contributed by atoms with Gasteiger partial charge in [-0.3, -0.25) is 14.9 Å². The number of barbiturate groups is 1. The first-order valence-corrected chi connectivity index (χ1v) is 10.3. The Morgan fingerprint density at radius 2 is 1.53 bits per heavy atom. The average molecular weight is 461 g/mol. The number of methoxy groups -OCH3 is 3. The Kier molecular flexibility index (Phi) is 6.09. The monoisotopic (exact) mass is 461 g/mol. The normalized spacial score (nSPS) is 14.9. The standard InChI is InChI=1S/C25H23N3O6/c1-15-11-16(14-27(15)17-5-7-18(32-2)8-6-17)12-20-23(29)26-25(31)28(24(20)30)21-10-9-19(33-3)13-22(21)34-4/h5-14H,1-4H3,(H,26,29,31)/b20-12-. The van der Waals surface area contributed by atoms with Crippen LogP contribution in [0.25, 0.3) is 11.8 Å². The number of nitrogens with one attached hydrogen (secondary N) is 1. The molecule has 1 aliphatic heterocycles. The highest BCUT2D eigenvalue weighted by Crippen LogP contribution is 2.34. The Morgan fingerprint density at radius 3 is 2.18 bits per heavy atom. The molecule has 0 radical (unpaired) electrons. The first kappa shape index (κ1) is 22.7. The van der Waals surface area contributed by atoms with Gasteiger partial charge in [-0.1, -0.05) is 0 Å². The molecular formula is C25H23N3O6. The van der Waals surface area contributed by atoms with Crippen LogP contribution in [-0.2, 0) is 9.59 Å². The zero-order valence-electron chi connectivity index (χ0n) is 19.1. The van der Waals surface area contributed by atoms with E-state index >= 15 is 0 Å². The third kappa shape index (κ3) is 4.11. The number of anilines is 1. The quantitative estimate of drug-likeness (QED) is 0.446. The van der Waals surface area contributed by atoms with Crippen molar-refractivity contribution in [2.75, 3.05) is 26.2 Å². The molecule has 0 unspecified atom stereocenters. The van der Waals surface area contributed by atoms with Gasteiger partial charge in [0.15, 0.2) is 0 Å². The summed E-state index contributed by atoms with van der Waals surface area (Å²) in [6, 6.07) is 13.1. The first-order chi connectivity index (χ1) is 16.4. The summed E-state index contributed by atoms with van der Waals surface area (Å²) in [5.74, 6) is -0.0505. The molecule has 9 nitrogen and oxygen atoms in total. The highest BCUT2D eigenvalue weighted by Gasteiger charge is 2.38. The first-order valence-electron chi connectivity index (χ1n) is 10.3. The van der Waals surface area contributed by atoms with Crippen LogP contribution in [0.3, 0.4) is 0 Å². The zero-order valence-corrected chi connectivity index (χ0v) is 19.1. The number of ether oxygens (including phenoxy) is 3. The second-order valence-corrected chi connectivity index (χ2v) is 7.48. The molecule has 1 saturated heterocycles. The molecule has 0 bridgehead atoms. The lowest BCUT2D eigenvalue weighted by Crippen LogP contribution is -2.54. The molecule has 3 aromatic rings. The number of benzene rings is 2. The van der Waals surface area contributed by atoms with Crippen LogP contribution in [-0.4, -0.2) is 43.7 Å². The summed E-state index contributed by atoms with van der Waals surface area (Å²) in [6.07, 6.45) is 3.26. The molecule has 2 heterocycles. The summed E-state index contributed by atoms with van der Waals surface area (Å²) < 4.78 is 17.6. The molecule has 9 heteroatoms. The molecule has 34 heavy (non-hydrogen) atoms. The van der Waals surface area contributed by atoms with Crippen LogP contribution in [0.2, 0.25) is 0 Å². The summed E-state index contributed by atoms with van der Waals surface area (Å²) in [5.41, 5.74) is 2.43. The SMILES string of the molecule is COc1ccc(-n2cc(/C=C3/C(=O)NC(=O)N(c4ccc(OC)cc4OC)C3=O)cc2C)cc1. The fourth-order valence-electron chi connectivity index (χ4n) is 3.71. The van der Waals surface area contributed by atoms with Gasteiger partial charge in [0.05, 0.1) is 27.0 Å². The van der Waals surface area contributed by atoms with Crippen molar-refractivity contribution in [2.45, 2.75) is 6.92 Å². The number of carbonyl (C=O) groups is 3. The molecule has 1 aliphatic rings. The molecule has 174 valence electrons. The van der Waals surface area contributed by atoms with Crippen LogP contribution in [0.5, 0.6) is 17.2 Å². The van der Waals surface area contributed by atoms with Gasteiger partial charge in [0.1, 0.15) is 22.8 Å². The van der Waals surface area contributed by atoms with Crippen LogP contribution in [0.15, 0.2) is 60.3 Å². The third-order valence-electron chi connectivity index (χ3n) is 5.42. The van der Waals surface area contributed by atoms with Crippen molar-refractivity contribution in [1.29, 1.82) is 0 Å². The Hall–Kier alpha value is -4.53. The van der Waals surface area contributed by atoms with Gasteiger partial charge in [-0.2, -0.15) is 0 Å². The van der Waals surface area contributed by atoms with Crippen LogP contribution in [0.4, 0.5) is 10.5 Å². The number of hydrogen-bond donors (Lipinski definition) is 1. The Balaban J connectivity index is 1.70. The minimum atomic E-state index is -0.859. The van der Waals surface area contributed by atoms with E-state index in [4.69, 9.17) is 14.2 Å². The highest BCUT2D eigenvalue weighted by molar-refractivity contribution is 6.39. The van der Waals surface area contributed by atoms with E-state index in [1.54, 1.807) is 25.4 Å². The predicted molar refractivity (Wildman–Crippen MR) is 126 cm³/mol. The fourth-order valence-corrected chi connectivity index (χ4v) is 3.71. The van der Waals surface area contributed by atoms with Crippen LogP contribution < -0.4 is 24.4 Å². The molecule has 0 spiro atoms. The Labute approximate surface area is 196 Å². The van der Waals surface area contributed by atoms with Gasteiger partial charge in [0.25, 0.3) is 11.8 Å². The number of aryl methyl sites for hydroxylation is 1. The molecule has 0 aliphatic carbocycles. The predicted octanol–water partition coefficient (Wildman–Crippen LogP) is 3.48. The molecule has 0 atom stereocenters. The summed E-state index contributed by atoms with van der Waals surface area (Å²) in [6.45, 7) is 1.91. The lowest BCUT2D eigenvalue weighted by molar-refractivity contribution is -0.122. The molecule has 0 saturated carbocycles. The molecule has 1 aromatic heterocycles. The summed E-state index contributed by atoms with van der Waals surface area (Å²) >= 11 is 0. The lowest BCUT2D eigenvalue weighted by atomic mass is 10.1. The number of amides is 4. The molecule has 4 rings (SSSR count). The maximum atomic E-state index is 13.3. The van der Waals surface area contributed by atoms with Crippen LogP contribution in [0.1, 0.15) is 11.3 Å². The molecule has 1 fully saturated rings. The summed E-state index contributed by atoms with van der Waals surface area (Å²) in [4.78, 5) is 39.3. The van der Waals surface area contributed by atoms with Gasteiger partial charge in [-0.15, -0.1) is 0 Å². The van der Waals surface area contributed by atoms with E-state index in [0.717, 1.165) is 22.0 Å². The van der Waals surface area contributed by atoms with E-state index in [1.807, 2.05) is 41.8 Å². The second-order valence-electron chi connectivity index (χ2n) is 7.48. The van der Waals surface area contributed by atoms with E-state index < -0.39 is 17.8 Å². The molecule has 1 N–H and O–H groups in total. The van der Waals surface area contributed by atoms with Crippen molar-refractivity contribution in [2.24, 2.45) is 0 Å². The second kappa shape index (κ2) is 9.14. The van der Waals surface area contributed by atoms with E-state index in [1.165, 1.54) is 26.4 Å². The lowest BCUT2D eigenvalue weighted by Gasteiger charge is -2.27. The Bertz CT molecular complexity index is 1310. The van der Waals surface area contributed by atoms with Crippen molar-refractivity contribution in [1.82, 2.24) is 9.88 Å². The van der Waals surface area contributed by atoms with Crippen molar-refractivity contribution < 1.29 is 28.6 Å². The highest BCUT2D eigenvalue weighted by atomic mass is 16.5. The number of rotatable bonds is 6. The summed E-state index contributed by atoms with van der Waals surface area (Å²) in [7, 11) is 4.51. The largest absolute Gasteiger partial charge is 0.497 e.